The summed E-state index contributed by atoms with van der Waals surface area (Å²) < 4.78 is 29.1. The number of amides is 2. The number of anilines is 1. The smallest absolute Gasteiger partial charge is 0.437 e. The SMILES string of the molecule is CC(C)(C)OC(=O)/N=C(/NC(=O)OC(C)(C)C)N1CCN(c2ccc(OCCF)c(Br)c2)CC1. The number of nitrogens with zero attached hydrogens (tertiary/aromatic N) is 3. The van der Waals surface area contributed by atoms with Gasteiger partial charge in [0.05, 0.1) is 4.47 Å². The van der Waals surface area contributed by atoms with Crippen LogP contribution in [-0.2, 0) is 9.47 Å². The molecule has 2 rings (SSSR count). The van der Waals surface area contributed by atoms with E-state index in [9.17, 15) is 14.0 Å². The van der Waals surface area contributed by atoms with Crippen LogP contribution in [0.25, 0.3) is 0 Å². The number of hydrogen-bond donors (Lipinski definition) is 1. The van der Waals surface area contributed by atoms with E-state index < -0.39 is 30.1 Å². The molecule has 2 amide bonds. The van der Waals surface area contributed by atoms with Crippen molar-refractivity contribution in [2.45, 2.75) is 52.7 Å². The van der Waals surface area contributed by atoms with Crippen molar-refractivity contribution in [2.24, 2.45) is 4.99 Å². The van der Waals surface area contributed by atoms with Crippen LogP contribution >= 0.6 is 15.9 Å². The number of nitrogens with one attached hydrogen (secondary N) is 1. The topological polar surface area (TPSA) is 92.7 Å². The van der Waals surface area contributed by atoms with E-state index in [2.05, 4.69) is 31.1 Å². The van der Waals surface area contributed by atoms with Crippen molar-refractivity contribution in [1.82, 2.24) is 10.2 Å². The monoisotopic (exact) mass is 544 g/mol. The van der Waals surface area contributed by atoms with E-state index in [0.29, 0.717) is 31.9 Å². The summed E-state index contributed by atoms with van der Waals surface area (Å²) in [6, 6.07) is 5.61. The Kier molecular flexibility index (Phi) is 9.54. The van der Waals surface area contributed by atoms with Gasteiger partial charge in [0, 0.05) is 31.9 Å². The average Bonchev–Trinajstić information content (AvgIpc) is 2.70. The fraction of sp³-hybridized carbons (Fsp3) is 0.609. The van der Waals surface area contributed by atoms with Gasteiger partial charge in [0.25, 0.3) is 0 Å². The Morgan fingerprint density at radius 1 is 1.06 bits per heavy atom. The van der Waals surface area contributed by atoms with Crippen molar-refractivity contribution < 1.29 is 28.2 Å². The van der Waals surface area contributed by atoms with Crippen LogP contribution in [0.15, 0.2) is 27.7 Å². The molecule has 0 radical (unpaired) electrons. The molecule has 1 aromatic carbocycles. The van der Waals surface area contributed by atoms with Gasteiger partial charge >= 0.3 is 12.2 Å². The molecule has 1 fully saturated rings. The number of rotatable bonds is 4. The number of ether oxygens (including phenoxy) is 3. The lowest BCUT2D eigenvalue weighted by Gasteiger charge is -2.37. The molecule has 1 aliphatic heterocycles. The van der Waals surface area contributed by atoms with Crippen LogP contribution in [0.4, 0.5) is 19.7 Å². The first-order valence-corrected chi connectivity index (χ1v) is 11.9. The van der Waals surface area contributed by atoms with Crippen LogP contribution in [0.2, 0.25) is 0 Å². The molecule has 0 atom stereocenters. The molecule has 190 valence electrons. The lowest BCUT2D eigenvalue weighted by molar-refractivity contribution is 0.0554. The second-order valence-corrected chi connectivity index (χ2v) is 10.5. The molecular formula is C23H34BrFN4O5. The van der Waals surface area contributed by atoms with Crippen LogP contribution in [0.3, 0.4) is 0 Å². The van der Waals surface area contributed by atoms with E-state index in [0.717, 1.165) is 10.2 Å². The predicted molar refractivity (Wildman–Crippen MR) is 132 cm³/mol. The number of halogens is 2. The van der Waals surface area contributed by atoms with E-state index in [-0.39, 0.29) is 12.6 Å². The van der Waals surface area contributed by atoms with Gasteiger partial charge in [-0.2, -0.15) is 0 Å². The molecule has 0 saturated carbocycles. The highest BCUT2D eigenvalue weighted by molar-refractivity contribution is 9.10. The molecular weight excluding hydrogens is 511 g/mol. The number of hydrogen-bond acceptors (Lipinski definition) is 6. The lowest BCUT2D eigenvalue weighted by atomic mass is 10.2. The molecule has 1 aromatic rings. The molecule has 0 aliphatic carbocycles. The summed E-state index contributed by atoms with van der Waals surface area (Å²) in [5.41, 5.74) is -0.457. The normalized spacial score (nSPS) is 15.1. The summed E-state index contributed by atoms with van der Waals surface area (Å²) in [4.78, 5) is 32.7. The van der Waals surface area contributed by atoms with Crippen LogP contribution in [0.5, 0.6) is 5.75 Å². The predicted octanol–water partition coefficient (Wildman–Crippen LogP) is 4.74. The van der Waals surface area contributed by atoms with Crippen LogP contribution < -0.4 is 15.0 Å². The number of benzene rings is 1. The van der Waals surface area contributed by atoms with Gasteiger partial charge in [-0.05, 0) is 75.7 Å². The third-order valence-corrected chi connectivity index (χ3v) is 5.02. The van der Waals surface area contributed by atoms with Crippen molar-refractivity contribution >= 4 is 39.8 Å². The van der Waals surface area contributed by atoms with Crippen LogP contribution in [0, 0.1) is 0 Å². The van der Waals surface area contributed by atoms with Gasteiger partial charge < -0.3 is 24.0 Å². The van der Waals surface area contributed by atoms with Crippen molar-refractivity contribution in [3.05, 3.63) is 22.7 Å². The van der Waals surface area contributed by atoms with Crippen molar-refractivity contribution in [2.75, 3.05) is 44.4 Å². The minimum atomic E-state index is -0.797. The Morgan fingerprint density at radius 2 is 1.68 bits per heavy atom. The minimum absolute atomic E-state index is 0.00102. The maximum absolute atomic E-state index is 12.4. The van der Waals surface area contributed by atoms with Gasteiger partial charge in [-0.3, -0.25) is 5.32 Å². The van der Waals surface area contributed by atoms with Crippen LogP contribution in [-0.4, -0.2) is 73.7 Å². The Labute approximate surface area is 208 Å². The largest absolute Gasteiger partial charge is 0.490 e. The second kappa shape index (κ2) is 11.7. The number of carbonyl (C=O) groups is 2. The van der Waals surface area contributed by atoms with Crippen molar-refractivity contribution in [1.29, 1.82) is 0 Å². The van der Waals surface area contributed by atoms with E-state index in [1.165, 1.54) is 0 Å². The molecule has 1 saturated heterocycles. The molecule has 0 aromatic heterocycles. The standard InChI is InChI=1S/C23H34BrFN4O5/c1-22(2,3)33-20(30)26-19(27-21(31)34-23(4,5)6)29-12-10-28(11-13-29)16-7-8-18(17(24)15-16)32-14-9-25/h7-8,15H,9-14H2,1-6H3,(H,26,27,30,31). The number of aliphatic imine (C=N–C) groups is 1. The quantitative estimate of drug-likeness (QED) is 0.432. The highest BCUT2D eigenvalue weighted by Gasteiger charge is 2.26. The Balaban J connectivity index is 2.11. The number of piperazine rings is 1. The van der Waals surface area contributed by atoms with E-state index in [1.807, 2.05) is 12.1 Å². The summed E-state index contributed by atoms with van der Waals surface area (Å²) in [6.45, 7) is 12.1. The number of alkyl halides is 1. The zero-order chi connectivity index (χ0) is 25.5. The van der Waals surface area contributed by atoms with Crippen LogP contribution in [0.1, 0.15) is 41.5 Å². The molecule has 1 N–H and O–H groups in total. The highest BCUT2D eigenvalue weighted by atomic mass is 79.9. The molecule has 1 aliphatic rings. The molecule has 34 heavy (non-hydrogen) atoms. The summed E-state index contributed by atoms with van der Waals surface area (Å²) in [5, 5.41) is 2.59. The Morgan fingerprint density at radius 3 is 2.21 bits per heavy atom. The number of carbonyl (C=O) groups excluding carboxylic acids is 2. The average molecular weight is 545 g/mol. The van der Waals surface area contributed by atoms with E-state index in [4.69, 9.17) is 14.2 Å². The third-order valence-electron chi connectivity index (χ3n) is 4.40. The fourth-order valence-corrected chi connectivity index (χ4v) is 3.55. The third kappa shape index (κ3) is 9.36. The molecule has 0 bridgehead atoms. The maximum atomic E-state index is 12.4. The first-order chi connectivity index (χ1) is 15.8. The fourth-order valence-electron chi connectivity index (χ4n) is 3.07. The van der Waals surface area contributed by atoms with Gasteiger partial charge in [0.15, 0.2) is 0 Å². The lowest BCUT2D eigenvalue weighted by Crippen LogP contribution is -2.54. The first-order valence-electron chi connectivity index (χ1n) is 11.1. The van der Waals surface area contributed by atoms with Crippen molar-refractivity contribution in [3.63, 3.8) is 0 Å². The summed E-state index contributed by atoms with van der Waals surface area (Å²) in [7, 11) is 0. The molecule has 0 unspecified atom stereocenters. The second-order valence-electron chi connectivity index (χ2n) is 9.67. The molecule has 0 spiro atoms. The van der Waals surface area contributed by atoms with Crippen molar-refractivity contribution in [3.8, 4) is 5.75 Å². The highest BCUT2D eigenvalue weighted by Crippen LogP contribution is 2.30. The number of alkyl carbamates (subject to hydrolysis) is 1. The minimum Gasteiger partial charge on any atom is -0.490 e. The van der Waals surface area contributed by atoms with Gasteiger partial charge in [0.2, 0.25) is 5.96 Å². The Bertz CT molecular complexity index is 890. The first kappa shape index (κ1) is 27.7. The molecule has 9 nitrogen and oxygen atoms in total. The van der Waals surface area contributed by atoms with E-state index >= 15 is 0 Å². The molecule has 11 heteroatoms. The van der Waals surface area contributed by atoms with Gasteiger partial charge in [0.1, 0.15) is 30.2 Å². The Hall–Kier alpha value is -2.56. The zero-order valence-corrected chi connectivity index (χ0v) is 22.2. The van der Waals surface area contributed by atoms with E-state index in [1.54, 1.807) is 52.5 Å². The number of guanidine groups is 1. The summed E-state index contributed by atoms with van der Waals surface area (Å²) in [5.74, 6) is 0.660. The summed E-state index contributed by atoms with van der Waals surface area (Å²) >= 11 is 3.46. The van der Waals surface area contributed by atoms with Gasteiger partial charge in [-0.25, -0.2) is 14.0 Å². The van der Waals surface area contributed by atoms with Gasteiger partial charge in [-0.1, -0.05) is 0 Å². The zero-order valence-electron chi connectivity index (χ0n) is 20.6. The molecule has 1 heterocycles. The van der Waals surface area contributed by atoms with Gasteiger partial charge in [-0.15, -0.1) is 4.99 Å². The maximum Gasteiger partial charge on any atom is 0.437 e. The summed E-state index contributed by atoms with van der Waals surface area (Å²) in [6.07, 6.45) is -1.50.